The van der Waals surface area contributed by atoms with Gasteiger partial charge in [-0.25, -0.2) is 4.79 Å². The molecule has 8 rings (SSSR count). The molecule has 5 saturated carbocycles. The summed E-state index contributed by atoms with van der Waals surface area (Å²) in [6.45, 7) is 4.52. The summed E-state index contributed by atoms with van der Waals surface area (Å²) in [7, 11) is 0. The van der Waals surface area contributed by atoms with Crippen LogP contribution in [0.2, 0.25) is 0 Å². The second-order valence-electron chi connectivity index (χ2n) is 16.0. The van der Waals surface area contributed by atoms with E-state index in [2.05, 4.69) is 6.92 Å². The molecule has 7 fully saturated rings. The van der Waals surface area contributed by atoms with Crippen LogP contribution in [0.15, 0.2) is 11.6 Å². The van der Waals surface area contributed by atoms with Gasteiger partial charge in [-0.15, -0.1) is 0 Å². The number of esters is 1. The van der Waals surface area contributed by atoms with E-state index in [0.717, 1.165) is 56.8 Å². The van der Waals surface area contributed by atoms with E-state index >= 15 is 0 Å². The molecule has 12 atom stereocenters. The predicted molar refractivity (Wildman–Crippen MR) is 157 cm³/mol. The maximum Gasteiger partial charge on any atom is 0.331 e. The van der Waals surface area contributed by atoms with Crippen molar-refractivity contribution in [1.29, 1.82) is 0 Å². The highest BCUT2D eigenvalue weighted by atomic mass is 16.8. The normalized spacial score (nSPS) is 52.8. The first-order chi connectivity index (χ1) is 21.0. The lowest BCUT2D eigenvalue weighted by atomic mass is 9.41. The summed E-state index contributed by atoms with van der Waals surface area (Å²) in [5.41, 5.74) is -2.42. The minimum Gasteiger partial charge on any atom is -0.458 e. The predicted octanol–water partition coefficient (Wildman–Crippen LogP) is 4.50. The molecule has 0 aromatic rings. The molecule has 12 unspecified atom stereocenters. The second-order valence-corrected chi connectivity index (χ2v) is 16.0. The van der Waals surface area contributed by atoms with Crippen LogP contribution >= 0.6 is 0 Å². The van der Waals surface area contributed by atoms with Crippen LogP contribution in [-0.4, -0.2) is 76.8 Å². The van der Waals surface area contributed by atoms with Gasteiger partial charge in [-0.1, -0.05) is 13.3 Å². The fourth-order valence-electron chi connectivity index (χ4n) is 11.9. The molecule has 9 heteroatoms. The van der Waals surface area contributed by atoms with E-state index in [-0.39, 0.29) is 53.6 Å². The number of fused-ring (bicyclic) bond motifs is 6. The van der Waals surface area contributed by atoms with E-state index in [0.29, 0.717) is 51.6 Å². The van der Waals surface area contributed by atoms with Gasteiger partial charge in [0, 0.05) is 37.2 Å². The van der Waals surface area contributed by atoms with Gasteiger partial charge in [0.1, 0.15) is 19.0 Å². The van der Waals surface area contributed by atoms with E-state index in [9.17, 15) is 19.8 Å². The third-order valence-corrected chi connectivity index (χ3v) is 14.1. The van der Waals surface area contributed by atoms with Crippen molar-refractivity contribution in [3.63, 3.8) is 0 Å². The van der Waals surface area contributed by atoms with Crippen molar-refractivity contribution >= 4 is 12.3 Å². The molecule has 44 heavy (non-hydrogen) atoms. The van der Waals surface area contributed by atoms with Crippen LogP contribution in [0.5, 0.6) is 0 Å². The number of ether oxygens (including phenoxy) is 5. The number of hydrogen-bond acceptors (Lipinski definition) is 9. The quantitative estimate of drug-likeness (QED) is 0.268. The highest BCUT2D eigenvalue weighted by Gasteiger charge is 2.71. The highest BCUT2D eigenvalue weighted by molar-refractivity contribution is 5.85. The first-order valence-electron chi connectivity index (χ1n) is 17.5. The third kappa shape index (κ3) is 4.18. The van der Waals surface area contributed by atoms with E-state index in [1.54, 1.807) is 6.08 Å². The Morgan fingerprint density at radius 2 is 1.75 bits per heavy atom. The standard InChI is InChI=1S/C35H50O9/c1-21-30-27(43-34(44-30)10-4-3-5-11-34)17-29(41-21)42-23-6-13-32(20-36)25-7-12-31(2)24(22-16-28(37)40-19-22)9-15-35(31,39)26(25)8-14-33(32,38)18-23/h16,20-21,23-27,29-30,38-39H,3-15,17-19H2,1-2H3. The van der Waals surface area contributed by atoms with Crippen LogP contribution in [0, 0.1) is 28.6 Å². The molecule has 0 amide bonds. The number of aliphatic hydroxyl groups is 2. The summed E-state index contributed by atoms with van der Waals surface area (Å²) < 4.78 is 31.2. The number of cyclic esters (lactones) is 1. The molecule has 3 aliphatic heterocycles. The summed E-state index contributed by atoms with van der Waals surface area (Å²) >= 11 is 0. The molecule has 2 N–H and O–H groups in total. The van der Waals surface area contributed by atoms with E-state index in [1.165, 1.54) is 6.42 Å². The number of carbonyl (C=O) groups excluding carboxylic acids is 2. The average Bonchev–Trinajstić information content (AvgIpc) is 3.66. The third-order valence-electron chi connectivity index (χ3n) is 14.1. The molecule has 244 valence electrons. The van der Waals surface area contributed by atoms with E-state index < -0.39 is 28.7 Å². The Hall–Kier alpha value is -1.36. The van der Waals surface area contributed by atoms with Crippen LogP contribution in [0.4, 0.5) is 0 Å². The van der Waals surface area contributed by atoms with Crippen molar-refractivity contribution in [2.45, 2.75) is 158 Å². The summed E-state index contributed by atoms with van der Waals surface area (Å²) in [6.07, 6.45) is 13.4. The zero-order valence-corrected chi connectivity index (χ0v) is 26.3. The maximum atomic E-state index is 13.2. The maximum absolute atomic E-state index is 13.2. The molecule has 3 heterocycles. The second kappa shape index (κ2) is 10.3. The molecule has 1 spiro atoms. The van der Waals surface area contributed by atoms with Crippen molar-refractivity contribution in [3.8, 4) is 0 Å². The average molecular weight is 615 g/mol. The fourth-order valence-corrected chi connectivity index (χ4v) is 11.9. The van der Waals surface area contributed by atoms with Crippen molar-refractivity contribution in [1.82, 2.24) is 0 Å². The SMILES string of the molecule is CC1OC(OC2CCC3(C=O)C4CCC5(C)C(C6=CC(=O)OC6)CCC5(O)C4CCC3(O)C2)CC2OC3(CCCCC3)OC12. The van der Waals surface area contributed by atoms with Gasteiger partial charge >= 0.3 is 5.97 Å². The molecule has 5 aliphatic carbocycles. The van der Waals surface area contributed by atoms with Crippen molar-refractivity contribution in [3.05, 3.63) is 11.6 Å². The van der Waals surface area contributed by atoms with Crippen LogP contribution in [0.3, 0.4) is 0 Å². The van der Waals surface area contributed by atoms with E-state index in [4.69, 9.17) is 23.7 Å². The zero-order valence-electron chi connectivity index (χ0n) is 26.3. The number of rotatable bonds is 4. The van der Waals surface area contributed by atoms with Gasteiger partial charge in [-0.05, 0) is 94.5 Å². The number of aldehydes is 1. The smallest absolute Gasteiger partial charge is 0.331 e. The van der Waals surface area contributed by atoms with Crippen molar-refractivity contribution in [2.24, 2.45) is 28.6 Å². The minimum atomic E-state index is -1.18. The summed E-state index contributed by atoms with van der Waals surface area (Å²) in [5, 5.41) is 24.8. The lowest BCUT2D eigenvalue weighted by molar-refractivity contribution is -0.278. The first kappa shape index (κ1) is 30.0. The molecular weight excluding hydrogens is 564 g/mol. The van der Waals surface area contributed by atoms with Crippen LogP contribution in [0.1, 0.15) is 110 Å². The lowest BCUT2D eigenvalue weighted by Gasteiger charge is -2.65. The molecule has 0 bridgehead atoms. The largest absolute Gasteiger partial charge is 0.458 e. The number of hydrogen-bond donors (Lipinski definition) is 2. The molecule has 2 saturated heterocycles. The van der Waals surface area contributed by atoms with Gasteiger partial charge in [0.2, 0.25) is 0 Å². The van der Waals surface area contributed by atoms with Gasteiger partial charge in [-0.3, -0.25) is 0 Å². The minimum absolute atomic E-state index is 0.0600. The topological polar surface area (TPSA) is 121 Å². The van der Waals surface area contributed by atoms with Crippen LogP contribution < -0.4 is 0 Å². The molecular formula is C35H50O9. The molecule has 8 aliphatic rings. The molecule has 0 aromatic carbocycles. The summed E-state index contributed by atoms with van der Waals surface area (Å²) in [4.78, 5) is 25.1. The first-order valence-corrected chi connectivity index (χ1v) is 17.5. The van der Waals surface area contributed by atoms with Gasteiger partial charge < -0.3 is 38.7 Å². The highest BCUT2D eigenvalue weighted by Crippen LogP contribution is 2.70. The fraction of sp³-hybridized carbons (Fsp3) is 0.886. The Bertz CT molecular complexity index is 1210. The van der Waals surface area contributed by atoms with Crippen molar-refractivity contribution in [2.75, 3.05) is 6.61 Å². The van der Waals surface area contributed by atoms with Gasteiger partial charge in [0.25, 0.3) is 0 Å². The van der Waals surface area contributed by atoms with Gasteiger partial charge in [0.15, 0.2) is 12.1 Å². The Kier molecular flexibility index (Phi) is 7.04. The Labute approximate surface area is 260 Å². The van der Waals surface area contributed by atoms with Gasteiger partial charge in [0.05, 0.1) is 34.9 Å². The lowest BCUT2D eigenvalue weighted by Crippen LogP contribution is -2.69. The van der Waals surface area contributed by atoms with Gasteiger partial charge in [-0.2, -0.15) is 0 Å². The van der Waals surface area contributed by atoms with Crippen molar-refractivity contribution < 1.29 is 43.5 Å². The monoisotopic (exact) mass is 614 g/mol. The zero-order chi connectivity index (χ0) is 30.5. The van der Waals surface area contributed by atoms with Crippen LogP contribution in [0.25, 0.3) is 0 Å². The Balaban J connectivity index is 0.971. The summed E-state index contributed by atoms with van der Waals surface area (Å²) in [6, 6.07) is 0. The van der Waals surface area contributed by atoms with Crippen LogP contribution in [-0.2, 0) is 33.3 Å². The molecule has 9 nitrogen and oxygen atoms in total. The van der Waals surface area contributed by atoms with E-state index in [1.807, 2.05) is 6.92 Å². The Morgan fingerprint density at radius 1 is 0.955 bits per heavy atom. The summed E-state index contributed by atoms with van der Waals surface area (Å²) in [5.74, 6) is -0.828. The Morgan fingerprint density at radius 3 is 2.50 bits per heavy atom. The molecule has 0 radical (unpaired) electrons. The molecule has 0 aromatic heterocycles. The number of carbonyl (C=O) groups is 2.